The van der Waals surface area contributed by atoms with Gasteiger partial charge in [0.2, 0.25) is 0 Å². The van der Waals surface area contributed by atoms with Crippen LogP contribution in [0.2, 0.25) is 0 Å². The molecule has 1 saturated heterocycles. The van der Waals surface area contributed by atoms with Gasteiger partial charge in [-0.05, 0) is 24.3 Å². The summed E-state index contributed by atoms with van der Waals surface area (Å²) in [4.78, 5) is 29.0. The SMILES string of the molecule is O=C(N1CCN(C(=O)n2nnc3ccccc32)CC1)n1nnc2ccccc21. The zero-order chi connectivity index (χ0) is 19.1. The van der Waals surface area contributed by atoms with E-state index in [1.165, 1.54) is 9.36 Å². The van der Waals surface area contributed by atoms with E-state index >= 15 is 0 Å². The Kier molecular flexibility index (Phi) is 3.75. The summed E-state index contributed by atoms with van der Waals surface area (Å²) in [5.74, 6) is 0. The van der Waals surface area contributed by atoms with E-state index in [0.717, 1.165) is 0 Å². The second-order valence-electron chi connectivity index (χ2n) is 6.52. The van der Waals surface area contributed by atoms with Gasteiger partial charge in [-0.3, -0.25) is 0 Å². The van der Waals surface area contributed by atoms with Crippen LogP contribution in [-0.4, -0.2) is 78.0 Å². The number of aromatic nitrogens is 6. The van der Waals surface area contributed by atoms with Gasteiger partial charge >= 0.3 is 12.1 Å². The van der Waals surface area contributed by atoms with Crippen molar-refractivity contribution in [2.24, 2.45) is 0 Å². The average Bonchev–Trinajstić information content (AvgIpc) is 3.37. The molecule has 0 spiro atoms. The number of carbonyl (C=O) groups is 2. The van der Waals surface area contributed by atoms with Crippen molar-refractivity contribution < 1.29 is 9.59 Å². The van der Waals surface area contributed by atoms with E-state index in [4.69, 9.17) is 0 Å². The predicted octanol–water partition coefficient (Wildman–Crippen LogP) is 1.43. The Morgan fingerprint density at radius 1 is 0.643 bits per heavy atom. The molecule has 10 heteroatoms. The van der Waals surface area contributed by atoms with Crippen molar-refractivity contribution in [1.82, 2.24) is 39.8 Å². The lowest BCUT2D eigenvalue weighted by Gasteiger charge is -2.33. The van der Waals surface area contributed by atoms with E-state index in [1.54, 1.807) is 9.80 Å². The number of benzene rings is 2. The summed E-state index contributed by atoms with van der Waals surface area (Å²) in [6, 6.07) is 14.1. The number of fused-ring (bicyclic) bond motifs is 2. The normalized spacial score (nSPS) is 14.7. The molecule has 5 rings (SSSR count). The maximum absolute atomic E-state index is 12.8. The summed E-state index contributed by atoms with van der Waals surface area (Å²) in [7, 11) is 0. The van der Waals surface area contributed by atoms with E-state index in [2.05, 4.69) is 20.6 Å². The average molecular weight is 376 g/mol. The molecular weight excluding hydrogens is 360 g/mol. The third kappa shape index (κ3) is 2.57. The molecular formula is C18H16N8O2. The van der Waals surface area contributed by atoms with Crippen LogP contribution in [0.25, 0.3) is 22.1 Å². The van der Waals surface area contributed by atoms with Crippen LogP contribution >= 0.6 is 0 Å². The van der Waals surface area contributed by atoms with Crippen LogP contribution in [0.3, 0.4) is 0 Å². The molecule has 0 aliphatic carbocycles. The summed E-state index contributed by atoms with van der Waals surface area (Å²) < 4.78 is 2.61. The second-order valence-corrected chi connectivity index (χ2v) is 6.52. The lowest BCUT2D eigenvalue weighted by molar-refractivity contribution is 0.142. The number of hydrogen-bond acceptors (Lipinski definition) is 6. The first-order valence-electron chi connectivity index (χ1n) is 8.92. The molecule has 28 heavy (non-hydrogen) atoms. The highest BCUT2D eigenvalue weighted by Crippen LogP contribution is 2.14. The molecule has 1 aliphatic rings. The van der Waals surface area contributed by atoms with Gasteiger partial charge in [0.05, 0.1) is 11.0 Å². The first-order valence-corrected chi connectivity index (χ1v) is 8.92. The Bertz CT molecular complexity index is 1090. The van der Waals surface area contributed by atoms with Crippen molar-refractivity contribution in [2.75, 3.05) is 26.2 Å². The molecule has 4 aromatic rings. The Labute approximate surface area is 158 Å². The van der Waals surface area contributed by atoms with E-state index in [-0.39, 0.29) is 12.1 Å². The Hall–Kier alpha value is -3.82. The van der Waals surface area contributed by atoms with Crippen molar-refractivity contribution in [3.8, 4) is 0 Å². The van der Waals surface area contributed by atoms with E-state index < -0.39 is 0 Å². The number of carbonyl (C=O) groups excluding carboxylic acids is 2. The number of para-hydroxylation sites is 2. The first kappa shape index (κ1) is 16.4. The summed E-state index contributed by atoms with van der Waals surface area (Å²) in [6.07, 6.45) is 0. The molecule has 0 saturated carbocycles. The Morgan fingerprint density at radius 2 is 1.04 bits per heavy atom. The lowest BCUT2D eigenvalue weighted by Crippen LogP contribution is -2.52. The molecule has 140 valence electrons. The molecule has 2 amide bonds. The van der Waals surface area contributed by atoms with Crippen LogP contribution < -0.4 is 0 Å². The second kappa shape index (κ2) is 6.41. The number of amides is 2. The smallest absolute Gasteiger partial charge is 0.319 e. The van der Waals surface area contributed by atoms with Gasteiger partial charge in [-0.1, -0.05) is 34.7 Å². The quantitative estimate of drug-likeness (QED) is 0.460. The van der Waals surface area contributed by atoms with Gasteiger partial charge in [0.1, 0.15) is 11.0 Å². The molecule has 0 N–H and O–H groups in total. The number of hydrogen-bond donors (Lipinski definition) is 0. The minimum absolute atomic E-state index is 0.244. The van der Waals surface area contributed by atoms with Crippen LogP contribution in [-0.2, 0) is 0 Å². The molecule has 10 nitrogen and oxygen atoms in total. The number of piperazine rings is 1. The summed E-state index contributed by atoms with van der Waals surface area (Å²) in [6.45, 7) is 1.63. The standard InChI is InChI=1S/C18H16N8O2/c27-17(25-15-7-3-1-5-13(15)19-21-25)23-9-11-24(12-10-23)18(28)26-16-8-4-2-6-14(16)20-22-26/h1-8H,9-12H2. The van der Waals surface area contributed by atoms with Gasteiger partial charge in [-0.25, -0.2) is 9.59 Å². The molecule has 3 heterocycles. The van der Waals surface area contributed by atoms with Crippen molar-refractivity contribution in [3.63, 3.8) is 0 Å². The zero-order valence-corrected chi connectivity index (χ0v) is 14.8. The molecule has 1 fully saturated rings. The monoisotopic (exact) mass is 376 g/mol. The molecule has 2 aromatic carbocycles. The highest BCUT2D eigenvalue weighted by Gasteiger charge is 2.28. The molecule has 0 radical (unpaired) electrons. The van der Waals surface area contributed by atoms with Crippen molar-refractivity contribution in [1.29, 1.82) is 0 Å². The summed E-state index contributed by atoms with van der Waals surface area (Å²) >= 11 is 0. The molecule has 0 atom stereocenters. The first-order chi connectivity index (χ1) is 13.7. The molecule has 0 bridgehead atoms. The van der Waals surface area contributed by atoms with Crippen LogP contribution in [0.1, 0.15) is 0 Å². The fraction of sp³-hybridized carbons (Fsp3) is 0.222. The van der Waals surface area contributed by atoms with Crippen LogP contribution in [0.4, 0.5) is 9.59 Å². The van der Waals surface area contributed by atoms with Crippen molar-refractivity contribution >= 4 is 34.1 Å². The maximum atomic E-state index is 12.8. The lowest BCUT2D eigenvalue weighted by atomic mass is 10.3. The van der Waals surface area contributed by atoms with E-state index in [9.17, 15) is 9.59 Å². The number of rotatable bonds is 0. The topological polar surface area (TPSA) is 102 Å². The Balaban J connectivity index is 1.31. The number of nitrogens with zero attached hydrogens (tertiary/aromatic N) is 8. The minimum Gasteiger partial charge on any atom is -0.319 e. The highest BCUT2D eigenvalue weighted by atomic mass is 16.2. The molecule has 2 aromatic heterocycles. The highest BCUT2D eigenvalue weighted by molar-refractivity contribution is 5.89. The van der Waals surface area contributed by atoms with Gasteiger partial charge in [-0.15, -0.1) is 10.2 Å². The van der Waals surface area contributed by atoms with Gasteiger partial charge in [0.25, 0.3) is 0 Å². The zero-order valence-electron chi connectivity index (χ0n) is 14.8. The summed E-state index contributed by atoms with van der Waals surface area (Å²) in [5, 5.41) is 16.0. The Morgan fingerprint density at radius 3 is 1.46 bits per heavy atom. The van der Waals surface area contributed by atoms with Gasteiger partial charge < -0.3 is 9.80 Å². The van der Waals surface area contributed by atoms with Crippen LogP contribution in [0.5, 0.6) is 0 Å². The minimum atomic E-state index is -0.244. The molecule has 0 unspecified atom stereocenters. The van der Waals surface area contributed by atoms with E-state index in [0.29, 0.717) is 48.2 Å². The summed E-state index contributed by atoms with van der Waals surface area (Å²) in [5.41, 5.74) is 2.67. The fourth-order valence-corrected chi connectivity index (χ4v) is 3.38. The predicted molar refractivity (Wildman–Crippen MR) is 99.8 cm³/mol. The van der Waals surface area contributed by atoms with Gasteiger partial charge in [0.15, 0.2) is 0 Å². The third-order valence-electron chi connectivity index (χ3n) is 4.89. The van der Waals surface area contributed by atoms with Gasteiger partial charge in [0, 0.05) is 26.2 Å². The van der Waals surface area contributed by atoms with Crippen molar-refractivity contribution in [2.45, 2.75) is 0 Å². The van der Waals surface area contributed by atoms with Crippen LogP contribution in [0, 0.1) is 0 Å². The fourth-order valence-electron chi connectivity index (χ4n) is 3.38. The van der Waals surface area contributed by atoms with E-state index in [1.807, 2.05) is 48.5 Å². The van der Waals surface area contributed by atoms with Crippen LogP contribution in [0.15, 0.2) is 48.5 Å². The molecule has 1 aliphatic heterocycles. The van der Waals surface area contributed by atoms with Gasteiger partial charge in [-0.2, -0.15) is 9.36 Å². The largest absolute Gasteiger partial charge is 0.346 e. The van der Waals surface area contributed by atoms with Crippen molar-refractivity contribution in [3.05, 3.63) is 48.5 Å². The maximum Gasteiger partial charge on any atom is 0.346 e. The third-order valence-corrected chi connectivity index (χ3v) is 4.89.